The standard InChI is InChI=1S/C23H29NO2/c1-18-6-2-5-9-21(18)23(25)12-15-24(16-13-23)14-10-22-20-8-4-3-7-19(20)11-17-26-22/h2-9,22,25H,10-17H2,1H3. The van der Waals surface area contributed by atoms with E-state index in [1.807, 2.05) is 12.1 Å². The van der Waals surface area contributed by atoms with Gasteiger partial charge in [0.25, 0.3) is 0 Å². The van der Waals surface area contributed by atoms with Gasteiger partial charge in [0.05, 0.1) is 18.3 Å². The molecule has 2 aromatic rings. The van der Waals surface area contributed by atoms with Crippen molar-refractivity contribution in [2.75, 3.05) is 26.2 Å². The number of ether oxygens (including phenoxy) is 1. The Morgan fingerprint density at radius 3 is 2.62 bits per heavy atom. The number of piperidine rings is 1. The molecule has 1 N–H and O–H groups in total. The van der Waals surface area contributed by atoms with Crippen LogP contribution in [0.15, 0.2) is 48.5 Å². The summed E-state index contributed by atoms with van der Waals surface area (Å²) in [5.74, 6) is 0. The quantitative estimate of drug-likeness (QED) is 0.904. The maximum atomic E-state index is 11.1. The average molecular weight is 351 g/mol. The first-order valence-electron chi connectivity index (χ1n) is 9.86. The number of benzene rings is 2. The average Bonchev–Trinajstić information content (AvgIpc) is 2.68. The zero-order valence-electron chi connectivity index (χ0n) is 15.7. The first-order chi connectivity index (χ1) is 12.7. The highest BCUT2D eigenvalue weighted by Gasteiger charge is 2.35. The molecule has 138 valence electrons. The van der Waals surface area contributed by atoms with Gasteiger partial charge in [0.15, 0.2) is 0 Å². The number of rotatable bonds is 4. The third-order valence-electron chi connectivity index (χ3n) is 6.13. The molecule has 3 heteroatoms. The molecule has 2 heterocycles. The van der Waals surface area contributed by atoms with Crippen molar-refractivity contribution in [2.45, 2.75) is 44.3 Å². The zero-order chi connectivity index (χ0) is 18.0. The SMILES string of the molecule is Cc1ccccc1C1(O)CCN(CCC2OCCc3ccccc32)CC1. The van der Waals surface area contributed by atoms with Crippen molar-refractivity contribution in [2.24, 2.45) is 0 Å². The number of aliphatic hydroxyl groups is 1. The smallest absolute Gasteiger partial charge is 0.0923 e. The van der Waals surface area contributed by atoms with Gasteiger partial charge in [-0.05, 0) is 54.9 Å². The largest absolute Gasteiger partial charge is 0.385 e. The Labute approximate surface area is 156 Å². The Bertz CT molecular complexity index is 749. The Kier molecular flexibility index (Phi) is 5.12. The summed E-state index contributed by atoms with van der Waals surface area (Å²) in [6, 6.07) is 16.9. The van der Waals surface area contributed by atoms with Crippen molar-refractivity contribution in [3.05, 3.63) is 70.8 Å². The monoisotopic (exact) mass is 351 g/mol. The lowest BCUT2D eigenvalue weighted by Crippen LogP contribution is -2.43. The van der Waals surface area contributed by atoms with Crippen LogP contribution < -0.4 is 0 Å². The Morgan fingerprint density at radius 1 is 1.08 bits per heavy atom. The molecule has 2 aliphatic heterocycles. The minimum absolute atomic E-state index is 0.220. The fraction of sp³-hybridized carbons (Fsp3) is 0.478. The van der Waals surface area contributed by atoms with Crippen LogP contribution in [-0.2, 0) is 16.8 Å². The molecule has 0 bridgehead atoms. The van der Waals surface area contributed by atoms with Crippen molar-refractivity contribution in [1.82, 2.24) is 4.90 Å². The van der Waals surface area contributed by atoms with Crippen molar-refractivity contribution in [3.8, 4) is 0 Å². The number of aryl methyl sites for hydroxylation is 1. The number of likely N-dealkylation sites (tertiary alicyclic amines) is 1. The molecule has 2 aliphatic rings. The third kappa shape index (κ3) is 3.57. The van der Waals surface area contributed by atoms with Crippen molar-refractivity contribution in [1.29, 1.82) is 0 Å². The third-order valence-corrected chi connectivity index (χ3v) is 6.13. The predicted molar refractivity (Wildman–Crippen MR) is 104 cm³/mol. The highest BCUT2D eigenvalue weighted by molar-refractivity contribution is 5.32. The fourth-order valence-electron chi connectivity index (χ4n) is 4.53. The van der Waals surface area contributed by atoms with Crippen molar-refractivity contribution in [3.63, 3.8) is 0 Å². The minimum Gasteiger partial charge on any atom is -0.385 e. The summed E-state index contributed by atoms with van der Waals surface area (Å²) in [6.45, 7) is 5.84. The van der Waals surface area contributed by atoms with E-state index in [0.29, 0.717) is 0 Å². The van der Waals surface area contributed by atoms with Crippen molar-refractivity contribution < 1.29 is 9.84 Å². The van der Waals surface area contributed by atoms with Gasteiger partial charge >= 0.3 is 0 Å². The van der Waals surface area contributed by atoms with Gasteiger partial charge in [-0.2, -0.15) is 0 Å². The lowest BCUT2D eigenvalue weighted by atomic mass is 9.82. The van der Waals surface area contributed by atoms with E-state index in [2.05, 4.69) is 48.2 Å². The summed E-state index contributed by atoms with van der Waals surface area (Å²) in [4.78, 5) is 2.48. The number of fused-ring (bicyclic) bond motifs is 1. The molecule has 0 saturated carbocycles. The topological polar surface area (TPSA) is 32.7 Å². The maximum absolute atomic E-state index is 11.1. The summed E-state index contributed by atoms with van der Waals surface area (Å²) in [6.07, 6.45) is 3.89. The Balaban J connectivity index is 1.35. The van der Waals surface area contributed by atoms with Gasteiger partial charge < -0.3 is 14.7 Å². The first kappa shape index (κ1) is 17.7. The lowest BCUT2D eigenvalue weighted by Gasteiger charge is -2.40. The molecule has 3 nitrogen and oxygen atoms in total. The van der Waals surface area contributed by atoms with E-state index in [0.717, 1.165) is 57.5 Å². The number of hydrogen-bond acceptors (Lipinski definition) is 3. The van der Waals surface area contributed by atoms with E-state index in [1.54, 1.807) is 0 Å². The van der Waals surface area contributed by atoms with Crippen LogP contribution in [-0.4, -0.2) is 36.2 Å². The summed E-state index contributed by atoms with van der Waals surface area (Å²) >= 11 is 0. The van der Waals surface area contributed by atoms with Gasteiger partial charge in [-0.15, -0.1) is 0 Å². The highest BCUT2D eigenvalue weighted by Crippen LogP contribution is 2.35. The van der Waals surface area contributed by atoms with E-state index in [-0.39, 0.29) is 6.10 Å². The minimum atomic E-state index is -0.671. The molecule has 0 spiro atoms. The Hall–Kier alpha value is -1.68. The second-order valence-electron chi connectivity index (χ2n) is 7.79. The van der Waals surface area contributed by atoms with Crippen LogP contribution >= 0.6 is 0 Å². The van der Waals surface area contributed by atoms with E-state index in [4.69, 9.17) is 4.74 Å². The maximum Gasteiger partial charge on any atom is 0.0923 e. The normalized spacial score (nSPS) is 22.8. The van der Waals surface area contributed by atoms with E-state index in [9.17, 15) is 5.11 Å². The van der Waals surface area contributed by atoms with Crippen molar-refractivity contribution >= 4 is 0 Å². The van der Waals surface area contributed by atoms with E-state index in [1.165, 1.54) is 16.7 Å². The molecular weight excluding hydrogens is 322 g/mol. The highest BCUT2D eigenvalue weighted by atomic mass is 16.5. The summed E-state index contributed by atoms with van der Waals surface area (Å²) in [7, 11) is 0. The van der Waals surface area contributed by atoms with Crippen LogP contribution in [0, 0.1) is 6.92 Å². The Morgan fingerprint density at radius 2 is 1.81 bits per heavy atom. The van der Waals surface area contributed by atoms with Gasteiger partial charge in [-0.1, -0.05) is 48.5 Å². The zero-order valence-corrected chi connectivity index (χ0v) is 15.7. The fourth-order valence-corrected chi connectivity index (χ4v) is 4.53. The first-order valence-corrected chi connectivity index (χ1v) is 9.86. The molecule has 1 atom stereocenters. The lowest BCUT2D eigenvalue weighted by molar-refractivity contribution is -0.0320. The van der Waals surface area contributed by atoms with Gasteiger partial charge in [0.1, 0.15) is 0 Å². The molecule has 0 aromatic heterocycles. The molecule has 0 aliphatic carbocycles. The molecule has 0 radical (unpaired) electrons. The van der Waals surface area contributed by atoms with Crippen LogP contribution in [0.3, 0.4) is 0 Å². The predicted octanol–water partition coefficient (Wildman–Crippen LogP) is 3.98. The van der Waals surface area contributed by atoms with E-state index >= 15 is 0 Å². The van der Waals surface area contributed by atoms with E-state index < -0.39 is 5.60 Å². The van der Waals surface area contributed by atoms with Crippen LogP contribution in [0.2, 0.25) is 0 Å². The second-order valence-corrected chi connectivity index (χ2v) is 7.79. The summed E-state index contributed by atoms with van der Waals surface area (Å²) < 4.78 is 6.05. The van der Waals surface area contributed by atoms with Gasteiger partial charge in [0, 0.05) is 19.6 Å². The molecule has 1 unspecified atom stereocenters. The van der Waals surface area contributed by atoms with Crippen LogP contribution in [0.1, 0.15) is 47.6 Å². The van der Waals surface area contributed by atoms with Gasteiger partial charge in [0.2, 0.25) is 0 Å². The number of hydrogen-bond donors (Lipinski definition) is 1. The van der Waals surface area contributed by atoms with Crippen LogP contribution in [0.4, 0.5) is 0 Å². The molecule has 4 rings (SSSR count). The van der Waals surface area contributed by atoms with Gasteiger partial charge in [-0.3, -0.25) is 0 Å². The number of nitrogens with zero attached hydrogens (tertiary/aromatic N) is 1. The summed E-state index contributed by atoms with van der Waals surface area (Å²) in [5, 5.41) is 11.1. The molecule has 26 heavy (non-hydrogen) atoms. The molecule has 1 fully saturated rings. The molecular formula is C23H29NO2. The van der Waals surface area contributed by atoms with Crippen LogP contribution in [0.25, 0.3) is 0 Å². The van der Waals surface area contributed by atoms with Crippen LogP contribution in [0.5, 0.6) is 0 Å². The van der Waals surface area contributed by atoms with Gasteiger partial charge in [-0.25, -0.2) is 0 Å². The molecule has 2 aromatic carbocycles. The molecule has 1 saturated heterocycles. The second kappa shape index (κ2) is 7.51. The molecule has 0 amide bonds. The summed E-state index contributed by atoms with van der Waals surface area (Å²) in [5.41, 5.74) is 4.43.